The van der Waals surface area contributed by atoms with Crippen molar-refractivity contribution in [3.05, 3.63) is 40.4 Å². The second-order valence-electron chi connectivity index (χ2n) is 5.18. The van der Waals surface area contributed by atoms with E-state index in [1.165, 1.54) is 11.3 Å². The number of thiazole rings is 1. The fourth-order valence-corrected chi connectivity index (χ4v) is 2.76. The lowest BCUT2D eigenvalue weighted by Crippen LogP contribution is -2.35. The minimum Gasteiger partial charge on any atom is -0.483 e. The van der Waals surface area contributed by atoms with Crippen LogP contribution in [0.5, 0.6) is 5.75 Å². The molecule has 6 nitrogen and oxygen atoms in total. The second-order valence-corrected chi connectivity index (χ2v) is 6.07. The number of anilines is 1. The highest BCUT2D eigenvalue weighted by atomic mass is 32.1. The predicted molar refractivity (Wildman–Crippen MR) is 89.9 cm³/mol. The Morgan fingerprint density at radius 1 is 1.17 bits per heavy atom. The van der Waals surface area contributed by atoms with E-state index in [0.29, 0.717) is 10.9 Å². The first-order chi connectivity index (χ1) is 11.0. The number of aromatic nitrogens is 1. The number of hydrogen-bond acceptors (Lipinski definition) is 5. The Hall–Kier alpha value is -2.41. The zero-order valence-corrected chi connectivity index (χ0v) is 14.1. The molecule has 0 aliphatic carbocycles. The molecule has 0 saturated heterocycles. The molecule has 2 aromatic rings. The normalized spacial score (nSPS) is 10.2. The molecule has 1 aromatic carbocycles. The first kappa shape index (κ1) is 17.0. The maximum absolute atomic E-state index is 11.8. The monoisotopic (exact) mass is 333 g/mol. The predicted octanol–water partition coefficient (Wildman–Crippen LogP) is 2.20. The summed E-state index contributed by atoms with van der Waals surface area (Å²) < 4.78 is 5.57. The summed E-state index contributed by atoms with van der Waals surface area (Å²) in [6.45, 7) is 5.64. The van der Waals surface area contributed by atoms with Crippen LogP contribution in [0, 0.1) is 20.8 Å². The van der Waals surface area contributed by atoms with Crippen molar-refractivity contribution < 1.29 is 14.3 Å². The largest absolute Gasteiger partial charge is 0.483 e. The van der Waals surface area contributed by atoms with Gasteiger partial charge >= 0.3 is 0 Å². The highest BCUT2D eigenvalue weighted by Gasteiger charge is 2.10. The molecular weight excluding hydrogens is 314 g/mol. The summed E-state index contributed by atoms with van der Waals surface area (Å²) in [4.78, 5) is 27.4. The van der Waals surface area contributed by atoms with E-state index in [0.717, 1.165) is 16.7 Å². The molecule has 0 saturated carbocycles. The van der Waals surface area contributed by atoms with E-state index < -0.39 is 0 Å². The quantitative estimate of drug-likeness (QED) is 0.849. The molecule has 1 heterocycles. The van der Waals surface area contributed by atoms with Crippen LogP contribution >= 0.6 is 11.3 Å². The third-order valence-corrected chi connectivity index (χ3v) is 3.77. The van der Waals surface area contributed by atoms with Gasteiger partial charge in [-0.15, -0.1) is 11.3 Å². The van der Waals surface area contributed by atoms with E-state index in [9.17, 15) is 9.59 Å². The van der Waals surface area contributed by atoms with Crippen LogP contribution < -0.4 is 15.4 Å². The third kappa shape index (κ3) is 5.07. The molecule has 2 N–H and O–H groups in total. The summed E-state index contributed by atoms with van der Waals surface area (Å²) in [5, 5.41) is 7.37. The molecule has 1 aromatic heterocycles. The summed E-state index contributed by atoms with van der Waals surface area (Å²) in [7, 11) is 0. The standard InChI is InChI=1S/C16H19N3O3S/c1-10-6-11(2)15(12(3)7-10)22-9-14(21)18-8-13(20)19-16-17-4-5-23-16/h4-7H,8-9H2,1-3H3,(H,18,21)(H,17,19,20). The molecule has 0 spiro atoms. The highest BCUT2D eigenvalue weighted by Crippen LogP contribution is 2.24. The minimum absolute atomic E-state index is 0.117. The van der Waals surface area contributed by atoms with E-state index in [2.05, 4.69) is 15.6 Å². The Morgan fingerprint density at radius 3 is 2.48 bits per heavy atom. The second kappa shape index (κ2) is 7.73. The number of aryl methyl sites for hydroxylation is 3. The number of carbonyl (C=O) groups excluding carboxylic acids is 2. The van der Waals surface area contributed by atoms with Gasteiger partial charge in [0.25, 0.3) is 5.91 Å². The molecule has 0 unspecified atom stereocenters. The van der Waals surface area contributed by atoms with Gasteiger partial charge in [-0.25, -0.2) is 4.98 Å². The van der Waals surface area contributed by atoms with Crippen molar-refractivity contribution in [1.29, 1.82) is 0 Å². The summed E-state index contributed by atoms with van der Waals surface area (Å²) in [5.74, 6) is 0.0349. The SMILES string of the molecule is Cc1cc(C)c(OCC(=O)NCC(=O)Nc2nccs2)c(C)c1. The maximum Gasteiger partial charge on any atom is 0.258 e. The lowest BCUT2D eigenvalue weighted by Gasteiger charge is -2.13. The zero-order valence-electron chi connectivity index (χ0n) is 13.3. The third-order valence-electron chi connectivity index (χ3n) is 3.08. The van der Waals surface area contributed by atoms with Crippen LogP contribution in [0.4, 0.5) is 5.13 Å². The number of nitrogens with zero attached hydrogens (tertiary/aromatic N) is 1. The Labute approximate surface area is 138 Å². The molecule has 2 rings (SSSR count). The number of nitrogens with one attached hydrogen (secondary N) is 2. The summed E-state index contributed by atoms with van der Waals surface area (Å²) in [5.41, 5.74) is 3.12. The molecule has 122 valence electrons. The van der Waals surface area contributed by atoms with Crippen molar-refractivity contribution in [1.82, 2.24) is 10.3 Å². The van der Waals surface area contributed by atoms with Crippen LogP contribution in [0.25, 0.3) is 0 Å². The summed E-state index contributed by atoms with van der Waals surface area (Å²) in [6.07, 6.45) is 1.60. The van der Waals surface area contributed by atoms with Gasteiger partial charge < -0.3 is 15.4 Å². The van der Waals surface area contributed by atoms with Crippen molar-refractivity contribution >= 4 is 28.3 Å². The Bertz CT molecular complexity index is 676. The summed E-state index contributed by atoms with van der Waals surface area (Å²) in [6, 6.07) is 4.00. The molecule has 2 amide bonds. The number of benzene rings is 1. The zero-order chi connectivity index (χ0) is 16.8. The van der Waals surface area contributed by atoms with E-state index in [4.69, 9.17) is 4.74 Å². The van der Waals surface area contributed by atoms with Gasteiger partial charge in [0.15, 0.2) is 11.7 Å². The fourth-order valence-electron chi connectivity index (χ4n) is 2.21. The highest BCUT2D eigenvalue weighted by molar-refractivity contribution is 7.13. The van der Waals surface area contributed by atoms with Gasteiger partial charge in [-0.3, -0.25) is 9.59 Å². The lowest BCUT2D eigenvalue weighted by molar-refractivity contribution is -0.125. The number of hydrogen-bond donors (Lipinski definition) is 2. The van der Waals surface area contributed by atoms with Gasteiger partial charge in [0, 0.05) is 11.6 Å². The smallest absolute Gasteiger partial charge is 0.258 e. The first-order valence-corrected chi connectivity index (χ1v) is 8.00. The summed E-state index contributed by atoms with van der Waals surface area (Å²) >= 11 is 1.32. The molecular formula is C16H19N3O3S. The van der Waals surface area contributed by atoms with Gasteiger partial charge in [0.05, 0.1) is 6.54 Å². The van der Waals surface area contributed by atoms with Crippen LogP contribution in [-0.2, 0) is 9.59 Å². The molecule has 0 aliphatic heterocycles. The maximum atomic E-state index is 11.8. The van der Waals surface area contributed by atoms with Gasteiger partial charge in [0.2, 0.25) is 5.91 Å². The van der Waals surface area contributed by atoms with Crippen molar-refractivity contribution in [3.63, 3.8) is 0 Å². The Morgan fingerprint density at radius 2 is 1.87 bits per heavy atom. The van der Waals surface area contributed by atoms with Gasteiger partial charge in [-0.2, -0.15) is 0 Å². The average Bonchev–Trinajstić information content (AvgIpc) is 2.96. The van der Waals surface area contributed by atoms with Crippen LogP contribution in [0.2, 0.25) is 0 Å². The van der Waals surface area contributed by atoms with Crippen LogP contribution in [-0.4, -0.2) is 29.9 Å². The van der Waals surface area contributed by atoms with E-state index >= 15 is 0 Å². The Balaban J connectivity index is 1.78. The molecule has 0 bridgehead atoms. The van der Waals surface area contributed by atoms with Gasteiger partial charge in [0.1, 0.15) is 5.75 Å². The van der Waals surface area contributed by atoms with Crippen molar-refractivity contribution in [2.24, 2.45) is 0 Å². The molecule has 0 fully saturated rings. The van der Waals surface area contributed by atoms with E-state index in [1.54, 1.807) is 11.6 Å². The van der Waals surface area contributed by atoms with Crippen molar-refractivity contribution in [2.75, 3.05) is 18.5 Å². The minimum atomic E-state index is -0.348. The number of amides is 2. The van der Waals surface area contributed by atoms with Crippen molar-refractivity contribution in [3.8, 4) is 5.75 Å². The van der Waals surface area contributed by atoms with Crippen LogP contribution in [0.3, 0.4) is 0 Å². The molecule has 0 radical (unpaired) electrons. The van der Waals surface area contributed by atoms with Crippen LogP contribution in [0.1, 0.15) is 16.7 Å². The molecule has 23 heavy (non-hydrogen) atoms. The molecule has 0 aliphatic rings. The van der Waals surface area contributed by atoms with E-state index in [-0.39, 0.29) is 25.0 Å². The van der Waals surface area contributed by atoms with Crippen molar-refractivity contribution in [2.45, 2.75) is 20.8 Å². The molecule has 7 heteroatoms. The van der Waals surface area contributed by atoms with E-state index in [1.807, 2.05) is 32.9 Å². The lowest BCUT2D eigenvalue weighted by atomic mass is 10.1. The number of ether oxygens (including phenoxy) is 1. The van der Waals surface area contributed by atoms with Gasteiger partial charge in [-0.05, 0) is 31.9 Å². The average molecular weight is 333 g/mol. The number of carbonyl (C=O) groups is 2. The first-order valence-electron chi connectivity index (χ1n) is 7.12. The van der Waals surface area contributed by atoms with Crippen LogP contribution in [0.15, 0.2) is 23.7 Å². The fraction of sp³-hybridized carbons (Fsp3) is 0.312. The Kier molecular flexibility index (Phi) is 5.70. The topological polar surface area (TPSA) is 80.3 Å². The van der Waals surface area contributed by atoms with Gasteiger partial charge in [-0.1, -0.05) is 17.7 Å². The molecule has 0 atom stereocenters. The number of rotatable bonds is 6.